The lowest BCUT2D eigenvalue weighted by atomic mass is 9.91. The van der Waals surface area contributed by atoms with Gasteiger partial charge in [-0.3, -0.25) is 4.79 Å². The third-order valence-corrected chi connectivity index (χ3v) is 3.03. The van der Waals surface area contributed by atoms with Crippen LogP contribution in [-0.4, -0.2) is 26.3 Å². The average molecular weight is 270 g/mol. The van der Waals surface area contributed by atoms with Crippen LogP contribution in [0.25, 0.3) is 0 Å². The molecule has 0 saturated heterocycles. The van der Waals surface area contributed by atoms with E-state index >= 15 is 0 Å². The molecule has 0 aliphatic rings. The fourth-order valence-corrected chi connectivity index (χ4v) is 2.06. The van der Waals surface area contributed by atoms with E-state index in [-0.39, 0.29) is 12.6 Å². The summed E-state index contributed by atoms with van der Waals surface area (Å²) in [6.07, 6.45) is 0. The van der Waals surface area contributed by atoms with Crippen molar-refractivity contribution in [2.45, 2.75) is 5.92 Å². The van der Waals surface area contributed by atoms with Gasteiger partial charge in [0.2, 0.25) is 0 Å². The number of hydrogen-bond acceptors (Lipinski definition) is 3. The molecule has 0 N–H and O–H groups in total. The highest BCUT2D eigenvalue weighted by molar-refractivity contribution is 5.82. The summed E-state index contributed by atoms with van der Waals surface area (Å²) in [5, 5.41) is 0. The van der Waals surface area contributed by atoms with Gasteiger partial charge in [-0.25, -0.2) is 0 Å². The van der Waals surface area contributed by atoms with Gasteiger partial charge in [-0.15, -0.1) is 0 Å². The van der Waals surface area contributed by atoms with Crippen LogP contribution in [-0.2, 0) is 14.3 Å². The maximum Gasteiger partial charge on any atom is 0.318 e. The Bertz CT molecular complexity index is 483. The van der Waals surface area contributed by atoms with Gasteiger partial charge in [0, 0.05) is 7.11 Å². The molecule has 0 bridgehead atoms. The van der Waals surface area contributed by atoms with Crippen molar-refractivity contribution in [2.24, 2.45) is 0 Å². The van der Waals surface area contributed by atoms with Gasteiger partial charge in [-0.1, -0.05) is 60.7 Å². The lowest BCUT2D eigenvalue weighted by molar-refractivity contribution is -0.145. The molecule has 0 aliphatic carbocycles. The Kier molecular flexibility index (Phi) is 5.33. The number of ether oxygens (including phenoxy) is 2. The van der Waals surface area contributed by atoms with Gasteiger partial charge in [0.05, 0.1) is 6.61 Å². The molecule has 0 aromatic heterocycles. The van der Waals surface area contributed by atoms with Crippen LogP contribution >= 0.6 is 0 Å². The minimum Gasteiger partial charge on any atom is -0.463 e. The van der Waals surface area contributed by atoms with E-state index in [0.29, 0.717) is 6.61 Å². The number of esters is 1. The van der Waals surface area contributed by atoms with Gasteiger partial charge in [0.1, 0.15) is 12.5 Å². The number of hydrogen-bond donors (Lipinski definition) is 0. The first-order valence-corrected chi connectivity index (χ1v) is 6.58. The van der Waals surface area contributed by atoms with Crippen molar-refractivity contribution in [1.82, 2.24) is 0 Å². The van der Waals surface area contributed by atoms with E-state index in [1.807, 2.05) is 60.7 Å². The summed E-state index contributed by atoms with van der Waals surface area (Å²) >= 11 is 0. The summed E-state index contributed by atoms with van der Waals surface area (Å²) in [5.41, 5.74) is 1.86. The maximum atomic E-state index is 12.3. The molecule has 0 unspecified atom stereocenters. The van der Waals surface area contributed by atoms with Gasteiger partial charge in [0.25, 0.3) is 0 Å². The molecule has 3 nitrogen and oxygen atoms in total. The summed E-state index contributed by atoms with van der Waals surface area (Å²) in [4.78, 5) is 12.3. The Hall–Kier alpha value is -2.13. The Labute approximate surface area is 119 Å². The highest BCUT2D eigenvalue weighted by atomic mass is 16.6. The van der Waals surface area contributed by atoms with Crippen molar-refractivity contribution in [1.29, 1.82) is 0 Å². The van der Waals surface area contributed by atoms with Crippen LogP contribution in [0.3, 0.4) is 0 Å². The first-order valence-electron chi connectivity index (χ1n) is 6.58. The smallest absolute Gasteiger partial charge is 0.318 e. The predicted molar refractivity (Wildman–Crippen MR) is 77.6 cm³/mol. The molecule has 20 heavy (non-hydrogen) atoms. The topological polar surface area (TPSA) is 35.5 Å². The van der Waals surface area contributed by atoms with Crippen LogP contribution in [0.1, 0.15) is 17.0 Å². The number of carbonyl (C=O) groups is 1. The summed E-state index contributed by atoms with van der Waals surface area (Å²) in [6.45, 7) is 0.674. The second kappa shape index (κ2) is 7.46. The average Bonchev–Trinajstić information content (AvgIpc) is 2.50. The van der Waals surface area contributed by atoms with Gasteiger partial charge < -0.3 is 9.47 Å². The van der Waals surface area contributed by atoms with E-state index in [1.165, 1.54) is 0 Å². The second-order valence-electron chi connectivity index (χ2n) is 4.41. The number of carbonyl (C=O) groups excluding carboxylic acids is 1. The molecule has 0 radical (unpaired) electrons. The zero-order valence-electron chi connectivity index (χ0n) is 11.5. The van der Waals surface area contributed by atoms with Crippen molar-refractivity contribution in [3.63, 3.8) is 0 Å². The third kappa shape index (κ3) is 3.68. The highest BCUT2D eigenvalue weighted by Gasteiger charge is 2.23. The molecule has 0 atom stereocenters. The Morgan fingerprint density at radius 1 is 0.900 bits per heavy atom. The van der Waals surface area contributed by atoms with Crippen molar-refractivity contribution in [3.05, 3.63) is 71.8 Å². The number of benzene rings is 2. The van der Waals surface area contributed by atoms with Crippen molar-refractivity contribution in [3.8, 4) is 0 Å². The van der Waals surface area contributed by atoms with E-state index in [9.17, 15) is 4.79 Å². The Morgan fingerprint density at radius 2 is 1.40 bits per heavy atom. The quantitative estimate of drug-likeness (QED) is 0.598. The standard InChI is InChI=1S/C17H18O3/c1-19-12-13-20-17(18)16(14-8-4-2-5-9-14)15-10-6-3-7-11-15/h2-11,16H,12-13H2,1H3. The van der Waals surface area contributed by atoms with Crippen LogP contribution in [0.4, 0.5) is 0 Å². The molecular formula is C17H18O3. The Balaban J connectivity index is 2.23. The molecule has 2 rings (SSSR count). The number of rotatable bonds is 6. The zero-order valence-corrected chi connectivity index (χ0v) is 11.5. The zero-order chi connectivity index (χ0) is 14.2. The first-order chi connectivity index (χ1) is 9.83. The van der Waals surface area contributed by atoms with Crippen LogP contribution in [0.2, 0.25) is 0 Å². The summed E-state index contributed by atoms with van der Waals surface area (Å²) in [6, 6.07) is 19.3. The van der Waals surface area contributed by atoms with Gasteiger partial charge in [-0.05, 0) is 11.1 Å². The summed E-state index contributed by atoms with van der Waals surface area (Å²) in [5.74, 6) is -0.645. The fourth-order valence-electron chi connectivity index (χ4n) is 2.06. The lowest BCUT2D eigenvalue weighted by Crippen LogP contribution is -2.19. The van der Waals surface area contributed by atoms with E-state index in [0.717, 1.165) is 11.1 Å². The van der Waals surface area contributed by atoms with Crippen LogP contribution in [0.15, 0.2) is 60.7 Å². The highest BCUT2D eigenvalue weighted by Crippen LogP contribution is 2.25. The van der Waals surface area contributed by atoms with Crippen LogP contribution in [0.5, 0.6) is 0 Å². The first kappa shape index (κ1) is 14.3. The minimum absolute atomic E-state index is 0.251. The Morgan fingerprint density at radius 3 is 1.85 bits per heavy atom. The molecule has 0 heterocycles. The molecular weight excluding hydrogens is 252 g/mol. The fraction of sp³-hybridized carbons (Fsp3) is 0.235. The van der Waals surface area contributed by atoms with Crippen molar-refractivity contribution in [2.75, 3.05) is 20.3 Å². The monoisotopic (exact) mass is 270 g/mol. The van der Waals surface area contributed by atoms with Gasteiger partial charge in [-0.2, -0.15) is 0 Å². The third-order valence-electron chi connectivity index (χ3n) is 3.03. The van der Waals surface area contributed by atoms with Crippen molar-refractivity contribution < 1.29 is 14.3 Å². The molecule has 0 amide bonds. The van der Waals surface area contributed by atoms with E-state index < -0.39 is 5.92 Å². The maximum absolute atomic E-state index is 12.3. The second-order valence-corrected chi connectivity index (χ2v) is 4.41. The summed E-state index contributed by atoms with van der Waals surface area (Å²) < 4.78 is 10.2. The largest absolute Gasteiger partial charge is 0.463 e. The molecule has 0 aliphatic heterocycles. The minimum atomic E-state index is -0.394. The van der Waals surface area contributed by atoms with Crippen LogP contribution < -0.4 is 0 Å². The van der Waals surface area contributed by atoms with Crippen molar-refractivity contribution >= 4 is 5.97 Å². The molecule has 3 heteroatoms. The molecule has 104 valence electrons. The number of methoxy groups -OCH3 is 1. The molecule has 0 spiro atoms. The van der Waals surface area contributed by atoms with Gasteiger partial charge >= 0.3 is 5.97 Å². The molecule has 2 aromatic carbocycles. The molecule has 2 aromatic rings. The molecule has 0 fully saturated rings. The normalized spacial score (nSPS) is 10.5. The van der Waals surface area contributed by atoms with Crippen LogP contribution in [0, 0.1) is 0 Å². The SMILES string of the molecule is COCCOC(=O)C(c1ccccc1)c1ccccc1. The molecule has 0 saturated carbocycles. The predicted octanol–water partition coefficient (Wildman–Crippen LogP) is 3.01. The van der Waals surface area contributed by atoms with E-state index in [1.54, 1.807) is 7.11 Å². The van der Waals surface area contributed by atoms with Gasteiger partial charge in [0.15, 0.2) is 0 Å². The lowest BCUT2D eigenvalue weighted by Gasteiger charge is -2.16. The summed E-state index contributed by atoms with van der Waals surface area (Å²) in [7, 11) is 1.58. The van der Waals surface area contributed by atoms with E-state index in [4.69, 9.17) is 9.47 Å². The van der Waals surface area contributed by atoms with E-state index in [2.05, 4.69) is 0 Å².